The van der Waals surface area contributed by atoms with Crippen molar-refractivity contribution in [2.24, 2.45) is 0 Å². The SMILES string of the molecule is Cc1c(C(=O)O)cc(-c2ccc(O)cc2)n1-c1ccccc1. The van der Waals surface area contributed by atoms with Crippen LogP contribution in [0.5, 0.6) is 5.75 Å². The van der Waals surface area contributed by atoms with Gasteiger partial charge in [0.2, 0.25) is 0 Å². The Labute approximate surface area is 127 Å². The lowest BCUT2D eigenvalue weighted by molar-refractivity contribution is 0.0696. The molecule has 1 heterocycles. The molecule has 2 aromatic carbocycles. The molecule has 0 saturated carbocycles. The Kier molecular flexibility index (Phi) is 3.43. The molecule has 4 nitrogen and oxygen atoms in total. The molecule has 0 fully saturated rings. The summed E-state index contributed by atoms with van der Waals surface area (Å²) in [5, 5.41) is 18.8. The number of aromatic nitrogens is 1. The van der Waals surface area contributed by atoms with Gasteiger partial charge in [0.15, 0.2) is 0 Å². The number of rotatable bonds is 3. The Morgan fingerprint density at radius 1 is 1.00 bits per heavy atom. The summed E-state index contributed by atoms with van der Waals surface area (Å²) in [6.45, 7) is 1.79. The van der Waals surface area contributed by atoms with Gasteiger partial charge in [-0.2, -0.15) is 0 Å². The molecule has 3 aromatic rings. The topological polar surface area (TPSA) is 62.5 Å². The van der Waals surface area contributed by atoms with Gasteiger partial charge in [-0.3, -0.25) is 0 Å². The van der Waals surface area contributed by atoms with Gasteiger partial charge in [-0.05, 0) is 55.0 Å². The number of carbonyl (C=O) groups is 1. The Morgan fingerprint density at radius 2 is 1.64 bits per heavy atom. The molecule has 4 heteroatoms. The number of aromatic carboxylic acids is 1. The highest BCUT2D eigenvalue weighted by atomic mass is 16.4. The summed E-state index contributed by atoms with van der Waals surface area (Å²) >= 11 is 0. The molecule has 1 aromatic heterocycles. The summed E-state index contributed by atoms with van der Waals surface area (Å²) in [5.74, 6) is -0.774. The number of hydrogen-bond acceptors (Lipinski definition) is 2. The molecule has 0 saturated heterocycles. The molecule has 2 N–H and O–H groups in total. The standard InChI is InChI=1S/C18H15NO3/c1-12-16(18(21)22)11-17(13-7-9-15(20)10-8-13)19(12)14-5-3-2-4-6-14/h2-11,20H,1H3,(H,21,22). The van der Waals surface area contributed by atoms with Gasteiger partial charge in [-0.25, -0.2) is 4.79 Å². The number of para-hydroxylation sites is 1. The first kappa shape index (κ1) is 13.9. The van der Waals surface area contributed by atoms with E-state index in [2.05, 4.69) is 0 Å². The van der Waals surface area contributed by atoms with Crippen molar-refractivity contribution in [1.29, 1.82) is 0 Å². The van der Waals surface area contributed by atoms with Gasteiger partial charge in [-0.1, -0.05) is 18.2 Å². The maximum Gasteiger partial charge on any atom is 0.337 e. The molecule has 3 rings (SSSR count). The quantitative estimate of drug-likeness (QED) is 0.771. The van der Waals surface area contributed by atoms with Crippen molar-refractivity contribution >= 4 is 5.97 Å². The van der Waals surface area contributed by atoms with Gasteiger partial charge in [0, 0.05) is 11.4 Å². The minimum atomic E-state index is -0.952. The smallest absolute Gasteiger partial charge is 0.337 e. The first-order chi connectivity index (χ1) is 10.6. The number of carboxylic acid groups (broad SMARTS) is 1. The average molecular weight is 293 g/mol. The van der Waals surface area contributed by atoms with Crippen molar-refractivity contribution in [2.75, 3.05) is 0 Å². The molecule has 0 radical (unpaired) electrons. The van der Waals surface area contributed by atoms with Gasteiger partial charge < -0.3 is 14.8 Å². The number of benzene rings is 2. The van der Waals surface area contributed by atoms with Crippen molar-refractivity contribution in [3.63, 3.8) is 0 Å². The summed E-state index contributed by atoms with van der Waals surface area (Å²) in [6.07, 6.45) is 0. The van der Waals surface area contributed by atoms with Crippen molar-refractivity contribution in [3.8, 4) is 22.7 Å². The van der Waals surface area contributed by atoms with Gasteiger partial charge in [0.05, 0.1) is 11.3 Å². The van der Waals surface area contributed by atoms with Crippen LogP contribution in [-0.2, 0) is 0 Å². The molecule has 0 amide bonds. The second kappa shape index (κ2) is 5.41. The number of hydrogen-bond donors (Lipinski definition) is 2. The van der Waals surface area contributed by atoms with E-state index in [1.165, 1.54) is 0 Å². The van der Waals surface area contributed by atoms with Gasteiger partial charge in [-0.15, -0.1) is 0 Å². The maximum absolute atomic E-state index is 11.5. The molecular weight excluding hydrogens is 278 g/mol. The molecule has 22 heavy (non-hydrogen) atoms. The van der Waals surface area contributed by atoms with E-state index >= 15 is 0 Å². The Bertz CT molecular complexity index is 818. The van der Waals surface area contributed by atoms with E-state index in [9.17, 15) is 15.0 Å². The van der Waals surface area contributed by atoms with Gasteiger partial charge >= 0.3 is 5.97 Å². The van der Waals surface area contributed by atoms with E-state index in [0.717, 1.165) is 16.9 Å². The van der Waals surface area contributed by atoms with E-state index in [0.29, 0.717) is 5.69 Å². The molecule has 0 aliphatic carbocycles. The van der Waals surface area contributed by atoms with E-state index in [1.807, 2.05) is 34.9 Å². The molecule has 0 atom stereocenters. The first-order valence-corrected chi connectivity index (χ1v) is 6.88. The van der Waals surface area contributed by atoms with Crippen LogP contribution in [-0.4, -0.2) is 20.7 Å². The van der Waals surface area contributed by atoms with Crippen LogP contribution >= 0.6 is 0 Å². The minimum absolute atomic E-state index is 0.178. The fraction of sp³-hybridized carbons (Fsp3) is 0.0556. The second-order valence-corrected chi connectivity index (χ2v) is 5.05. The third-order valence-electron chi connectivity index (χ3n) is 3.66. The molecule has 0 spiro atoms. The summed E-state index contributed by atoms with van der Waals surface area (Å²) in [5.41, 5.74) is 3.46. The zero-order valence-corrected chi connectivity index (χ0v) is 12.0. The summed E-state index contributed by atoms with van der Waals surface area (Å²) in [4.78, 5) is 11.5. The van der Waals surface area contributed by atoms with Crippen LogP contribution in [0.15, 0.2) is 60.7 Å². The van der Waals surface area contributed by atoms with Crippen molar-refractivity contribution in [1.82, 2.24) is 4.57 Å². The average Bonchev–Trinajstić information content (AvgIpc) is 2.86. The highest BCUT2D eigenvalue weighted by Crippen LogP contribution is 2.30. The lowest BCUT2D eigenvalue weighted by atomic mass is 10.1. The molecule has 0 unspecified atom stereocenters. The van der Waals surface area contributed by atoms with E-state index in [-0.39, 0.29) is 11.3 Å². The lowest BCUT2D eigenvalue weighted by Gasteiger charge is -2.12. The second-order valence-electron chi connectivity index (χ2n) is 5.05. The van der Waals surface area contributed by atoms with Crippen LogP contribution < -0.4 is 0 Å². The monoisotopic (exact) mass is 293 g/mol. The Hall–Kier alpha value is -3.01. The van der Waals surface area contributed by atoms with E-state index in [1.54, 1.807) is 37.3 Å². The fourth-order valence-electron chi connectivity index (χ4n) is 2.58. The largest absolute Gasteiger partial charge is 0.508 e. The third-order valence-corrected chi connectivity index (χ3v) is 3.66. The van der Waals surface area contributed by atoms with Crippen LogP contribution in [0.1, 0.15) is 16.1 Å². The number of nitrogens with zero attached hydrogens (tertiary/aromatic N) is 1. The Balaban J connectivity index is 2.27. The van der Waals surface area contributed by atoms with Crippen LogP contribution in [0.4, 0.5) is 0 Å². The molecule has 0 bridgehead atoms. The molecule has 0 aliphatic heterocycles. The van der Waals surface area contributed by atoms with Gasteiger partial charge in [0.1, 0.15) is 5.75 Å². The minimum Gasteiger partial charge on any atom is -0.508 e. The van der Waals surface area contributed by atoms with E-state index < -0.39 is 5.97 Å². The first-order valence-electron chi connectivity index (χ1n) is 6.88. The Morgan fingerprint density at radius 3 is 2.23 bits per heavy atom. The maximum atomic E-state index is 11.5. The summed E-state index contributed by atoms with van der Waals surface area (Å²) < 4.78 is 1.91. The third kappa shape index (κ3) is 2.35. The zero-order chi connectivity index (χ0) is 15.7. The highest BCUT2D eigenvalue weighted by molar-refractivity contribution is 5.91. The van der Waals surface area contributed by atoms with Crippen LogP contribution in [0.25, 0.3) is 16.9 Å². The predicted octanol–water partition coefficient (Wildman–Crippen LogP) is 3.86. The number of phenols is 1. The van der Waals surface area contributed by atoms with Crippen molar-refractivity contribution in [3.05, 3.63) is 71.9 Å². The number of carboxylic acids is 1. The van der Waals surface area contributed by atoms with Crippen LogP contribution in [0.3, 0.4) is 0 Å². The number of phenolic OH excluding ortho intramolecular Hbond substituents is 1. The number of aromatic hydroxyl groups is 1. The summed E-state index contributed by atoms with van der Waals surface area (Å²) in [6, 6.07) is 18.0. The normalized spacial score (nSPS) is 10.6. The molecule has 0 aliphatic rings. The van der Waals surface area contributed by atoms with Gasteiger partial charge in [0.25, 0.3) is 0 Å². The summed E-state index contributed by atoms with van der Waals surface area (Å²) in [7, 11) is 0. The van der Waals surface area contributed by atoms with E-state index in [4.69, 9.17) is 0 Å². The zero-order valence-electron chi connectivity index (χ0n) is 12.0. The lowest BCUT2D eigenvalue weighted by Crippen LogP contribution is -2.02. The van der Waals surface area contributed by atoms with Crippen LogP contribution in [0.2, 0.25) is 0 Å². The molecule has 110 valence electrons. The fourth-order valence-corrected chi connectivity index (χ4v) is 2.58. The van der Waals surface area contributed by atoms with Crippen molar-refractivity contribution < 1.29 is 15.0 Å². The molecular formula is C18H15NO3. The van der Waals surface area contributed by atoms with Crippen LogP contribution in [0, 0.1) is 6.92 Å². The van der Waals surface area contributed by atoms with Crippen molar-refractivity contribution in [2.45, 2.75) is 6.92 Å². The highest BCUT2D eigenvalue weighted by Gasteiger charge is 2.18. The predicted molar refractivity (Wildman–Crippen MR) is 84.6 cm³/mol.